The zero-order valence-corrected chi connectivity index (χ0v) is 20.7. The molecule has 2 heterocycles. The summed E-state index contributed by atoms with van der Waals surface area (Å²) in [7, 11) is 0. The highest BCUT2D eigenvalue weighted by Gasteiger charge is 2.50. The van der Waals surface area contributed by atoms with E-state index >= 15 is 0 Å². The second kappa shape index (κ2) is 9.81. The van der Waals surface area contributed by atoms with Crippen LogP contribution in [0, 0.1) is 6.92 Å². The summed E-state index contributed by atoms with van der Waals surface area (Å²) in [4.78, 5) is 39.0. The molecule has 3 aromatic rings. The number of ether oxygens (including phenoxy) is 1. The smallest absolute Gasteiger partial charge is 0.243 e. The van der Waals surface area contributed by atoms with E-state index in [0.29, 0.717) is 5.56 Å². The molecule has 0 radical (unpaired) electrons. The number of carbonyl (C=O) groups is 3. The van der Waals surface area contributed by atoms with Gasteiger partial charge in [0.2, 0.25) is 29.7 Å². The van der Waals surface area contributed by atoms with Crippen LogP contribution < -0.4 is 0 Å². The van der Waals surface area contributed by atoms with E-state index in [-0.39, 0.29) is 29.2 Å². The quantitative estimate of drug-likeness (QED) is 0.491. The Balaban J connectivity index is 1.61. The average molecular weight is 495 g/mol. The van der Waals surface area contributed by atoms with Crippen LogP contribution in [0.2, 0.25) is 0 Å². The molecule has 2 aliphatic heterocycles. The predicted molar refractivity (Wildman–Crippen MR) is 139 cm³/mol. The molecule has 2 aliphatic rings. The number of amides is 2. The Morgan fingerprint density at radius 1 is 0.757 bits per heavy atom. The van der Waals surface area contributed by atoms with Gasteiger partial charge >= 0.3 is 0 Å². The number of carbonyl (C=O) groups excluding carboxylic acids is 3. The number of hydrazone groups is 2. The van der Waals surface area contributed by atoms with Gasteiger partial charge in [0.05, 0.1) is 5.92 Å². The Bertz CT molecular complexity index is 1420. The SMILES string of the molecule is CC(=O)N1N=C(C2C(c3ccccc3)C(C(=O)c3ccccc3)=NN2C(C)=O)OC1c1cccc(C)c1. The summed E-state index contributed by atoms with van der Waals surface area (Å²) < 4.78 is 6.30. The minimum atomic E-state index is -0.848. The first kappa shape index (κ1) is 24.1. The van der Waals surface area contributed by atoms with Crippen molar-refractivity contribution >= 4 is 29.2 Å². The lowest BCUT2D eigenvalue weighted by Crippen LogP contribution is -2.42. The Morgan fingerprint density at radius 2 is 1.38 bits per heavy atom. The first-order valence-electron chi connectivity index (χ1n) is 12.0. The largest absolute Gasteiger partial charge is 0.448 e. The van der Waals surface area contributed by atoms with Crippen molar-refractivity contribution in [3.05, 3.63) is 107 Å². The Hall–Kier alpha value is -4.59. The molecule has 8 nitrogen and oxygen atoms in total. The lowest BCUT2D eigenvalue weighted by atomic mass is 9.84. The highest BCUT2D eigenvalue weighted by atomic mass is 16.5. The van der Waals surface area contributed by atoms with E-state index in [9.17, 15) is 14.4 Å². The van der Waals surface area contributed by atoms with Crippen LogP contribution in [0.5, 0.6) is 0 Å². The molecule has 8 heteroatoms. The Morgan fingerprint density at radius 3 is 2.00 bits per heavy atom. The molecule has 3 atom stereocenters. The molecule has 0 bridgehead atoms. The fraction of sp³-hybridized carbons (Fsp3) is 0.207. The van der Waals surface area contributed by atoms with E-state index in [4.69, 9.17) is 4.74 Å². The van der Waals surface area contributed by atoms with Crippen molar-refractivity contribution in [3.63, 3.8) is 0 Å². The Kier molecular flexibility index (Phi) is 6.40. The van der Waals surface area contributed by atoms with E-state index in [2.05, 4.69) is 10.2 Å². The normalized spacial score (nSPS) is 20.8. The fourth-order valence-corrected chi connectivity index (χ4v) is 4.71. The molecule has 0 saturated heterocycles. The maximum Gasteiger partial charge on any atom is 0.243 e. The summed E-state index contributed by atoms with van der Waals surface area (Å²) in [6.07, 6.45) is -0.800. The van der Waals surface area contributed by atoms with Crippen LogP contribution in [0.1, 0.15) is 53.0 Å². The zero-order valence-electron chi connectivity index (χ0n) is 20.7. The summed E-state index contributed by atoms with van der Waals surface area (Å²) >= 11 is 0. The molecule has 0 fully saturated rings. The van der Waals surface area contributed by atoms with E-state index in [1.807, 2.05) is 67.6 Å². The summed E-state index contributed by atoms with van der Waals surface area (Å²) in [6.45, 7) is 4.74. The molecule has 3 aromatic carbocycles. The summed E-state index contributed by atoms with van der Waals surface area (Å²) in [5, 5.41) is 11.6. The molecule has 2 amide bonds. The summed E-state index contributed by atoms with van der Waals surface area (Å²) in [5.74, 6) is -1.49. The van der Waals surface area contributed by atoms with Crippen molar-refractivity contribution < 1.29 is 19.1 Å². The van der Waals surface area contributed by atoms with Crippen molar-refractivity contribution in [2.45, 2.75) is 39.0 Å². The molecule has 0 aromatic heterocycles. The minimum Gasteiger partial charge on any atom is -0.448 e. The van der Waals surface area contributed by atoms with Crippen LogP contribution in [-0.2, 0) is 14.3 Å². The van der Waals surface area contributed by atoms with Gasteiger partial charge in [0.25, 0.3) is 0 Å². The fourth-order valence-electron chi connectivity index (χ4n) is 4.71. The number of hydrogen-bond donors (Lipinski definition) is 0. The molecule has 0 saturated carbocycles. The number of Topliss-reactive ketones (excluding diaryl/α,β-unsaturated/α-hetero) is 1. The van der Waals surface area contributed by atoms with Crippen molar-refractivity contribution in [1.29, 1.82) is 0 Å². The molecular formula is C29H26N4O4. The van der Waals surface area contributed by atoms with Gasteiger partial charge in [-0.1, -0.05) is 90.5 Å². The van der Waals surface area contributed by atoms with Gasteiger partial charge in [-0.2, -0.15) is 10.1 Å². The van der Waals surface area contributed by atoms with Gasteiger partial charge in [0.1, 0.15) is 11.8 Å². The molecule has 0 spiro atoms. The molecule has 5 rings (SSSR count). The third kappa shape index (κ3) is 4.53. The van der Waals surface area contributed by atoms with Crippen molar-refractivity contribution in [2.24, 2.45) is 10.2 Å². The molecule has 3 unspecified atom stereocenters. The second-order valence-electron chi connectivity index (χ2n) is 9.06. The van der Waals surface area contributed by atoms with Gasteiger partial charge in [-0.3, -0.25) is 14.4 Å². The average Bonchev–Trinajstić information content (AvgIpc) is 3.52. The van der Waals surface area contributed by atoms with Crippen LogP contribution in [-0.4, -0.2) is 45.3 Å². The highest BCUT2D eigenvalue weighted by molar-refractivity contribution is 6.48. The highest BCUT2D eigenvalue weighted by Crippen LogP contribution is 2.39. The van der Waals surface area contributed by atoms with Crippen molar-refractivity contribution in [3.8, 4) is 0 Å². The third-order valence-corrected chi connectivity index (χ3v) is 6.40. The van der Waals surface area contributed by atoms with E-state index in [0.717, 1.165) is 16.7 Å². The van der Waals surface area contributed by atoms with Gasteiger partial charge in [-0.15, -0.1) is 5.10 Å². The van der Waals surface area contributed by atoms with E-state index < -0.39 is 18.2 Å². The number of hydrogen-bond acceptors (Lipinski definition) is 6. The van der Waals surface area contributed by atoms with Gasteiger partial charge in [0, 0.05) is 25.0 Å². The second-order valence-corrected chi connectivity index (χ2v) is 9.06. The lowest BCUT2D eigenvalue weighted by molar-refractivity contribution is -0.135. The van der Waals surface area contributed by atoms with Crippen LogP contribution >= 0.6 is 0 Å². The standard InChI is InChI=1S/C29H26N4O4/c1-18-11-10-16-23(17-18)29-33(20(3)35)31-28(37-29)26-24(21-12-6-4-7-13-21)25(30-32(26)19(2)34)27(36)22-14-8-5-9-15-22/h4-17,24,26,29H,1-3H3. The minimum absolute atomic E-state index is 0.144. The molecule has 0 aliphatic carbocycles. The number of nitrogens with zero attached hydrogens (tertiary/aromatic N) is 4. The third-order valence-electron chi connectivity index (χ3n) is 6.40. The number of benzene rings is 3. The monoisotopic (exact) mass is 494 g/mol. The van der Waals surface area contributed by atoms with Crippen LogP contribution in [0.4, 0.5) is 0 Å². The number of rotatable bonds is 5. The van der Waals surface area contributed by atoms with Gasteiger partial charge < -0.3 is 4.74 Å². The van der Waals surface area contributed by atoms with Crippen LogP contribution in [0.25, 0.3) is 0 Å². The van der Waals surface area contributed by atoms with Crippen molar-refractivity contribution in [2.75, 3.05) is 0 Å². The maximum absolute atomic E-state index is 13.6. The number of aryl methyl sites for hydroxylation is 1. The molecule has 37 heavy (non-hydrogen) atoms. The summed E-state index contributed by atoms with van der Waals surface area (Å²) in [5.41, 5.74) is 3.20. The van der Waals surface area contributed by atoms with E-state index in [1.165, 1.54) is 23.9 Å². The van der Waals surface area contributed by atoms with Gasteiger partial charge in [-0.05, 0) is 12.5 Å². The van der Waals surface area contributed by atoms with Crippen molar-refractivity contribution in [1.82, 2.24) is 10.0 Å². The first-order valence-corrected chi connectivity index (χ1v) is 12.0. The number of ketones is 1. The molecule has 186 valence electrons. The van der Waals surface area contributed by atoms with Gasteiger partial charge in [-0.25, -0.2) is 5.01 Å². The molecular weight excluding hydrogens is 468 g/mol. The topological polar surface area (TPSA) is 91.6 Å². The van der Waals surface area contributed by atoms with Crippen LogP contribution in [0.3, 0.4) is 0 Å². The maximum atomic E-state index is 13.6. The lowest BCUT2D eigenvalue weighted by Gasteiger charge is -2.26. The van der Waals surface area contributed by atoms with Crippen LogP contribution in [0.15, 0.2) is 95.1 Å². The zero-order chi connectivity index (χ0) is 26.1. The summed E-state index contributed by atoms with van der Waals surface area (Å²) in [6, 6.07) is 25.0. The predicted octanol–water partition coefficient (Wildman–Crippen LogP) is 4.44. The van der Waals surface area contributed by atoms with Gasteiger partial charge in [0.15, 0.2) is 0 Å². The first-order chi connectivity index (χ1) is 17.8. The van der Waals surface area contributed by atoms with E-state index in [1.54, 1.807) is 24.3 Å². The Labute approximate surface area is 214 Å². The molecule has 0 N–H and O–H groups in total.